The van der Waals surface area contributed by atoms with Crippen LogP contribution in [0.4, 0.5) is 4.39 Å². The minimum absolute atomic E-state index is 0.0263. The maximum absolute atomic E-state index is 12.6. The number of unbranched alkanes of at least 4 members (excludes halogenated alkanes) is 1. The fourth-order valence-electron chi connectivity index (χ4n) is 1.16. The van der Waals surface area contributed by atoms with E-state index in [9.17, 15) is 14.3 Å². The second-order valence-electron chi connectivity index (χ2n) is 3.18. The number of halogens is 1. The SMILES string of the molecule is N#CCCCNC(=O)c1ccc(F)cc1O. The fourth-order valence-corrected chi connectivity index (χ4v) is 1.16. The molecule has 1 rings (SSSR count). The van der Waals surface area contributed by atoms with Crippen molar-refractivity contribution in [2.45, 2.75) is 12.8 Å². The van der Waals surface area contributed by atoms with Crippen molar-refractivity contribution in [3.63, 3.8) is 0 Å². The number of aromatic hydroxyl groups is 1. The second kappa shape index (κ2) is 5.71. The molecule has 0 aromatic heterocycles. The summed E-state index contributed by atoms with van der Waals surface area (Å²) in [7, 11) is 0. The molecule has 0 saturated carbocycles. The lowest BCUT2D eigenvalue weighted by molar-refractivity contribution is 0.0950. The molecule has 0 spiro atoms. The zero-order valence-electron chi connectivity index (χ0n) is 8.53. The van der Waals surface area contributed by atoms with Gasteiger partial charge in [0.15, 0.2) is 0 Å². The number of nitrogens with zero attached hydrogens (tertiary/aromatic N) is 1. The van der Waals surface area contributed by atoms with Gasteiger partial charge in [0.05, 0.1) is 11.6 Å². The molecule has 0 radical (unpaired) electrons. The Kier molecular flexibility index (Phi) is 4.28. The number of hydrogen-bond donors (Lipinski definition) is 2. The van der Waals surface area contributed by atoms with E-state index in [4.69, 9.17) is 5.26 Å². The van der Waals surface area contributed by atoms with Crippen molar-refractivity contribution in [1.82, 2.24) is 5.32 Å². The molecule has 1 aromatic rings. The van der Waals surface area contributed by atoms with Gasteiger partial charge in [-0.15, -0.1) is 0 Å². The molecular formula is C11H11FN2O2. The molecule has 2 N–H and O–H groups in total. The maximum Gasteiger partial charge on any atom is 0.255 e. The van der Waals surface area contributed by atoms with Crippen LogP contribution in [-0.2, 0) is 0 Å². The number of carbonyl (C=O) groups excluding carboxylic acids is 1. The third kappa shape index (κ3) is 3.24. The quantitative estimate of drug-likeness (QED) is 0.759. The molecule has 84 valence electrons. The highest BCUT2D eigenvalue weighted by Gasteiger charge is 2.10. The molecule has 0 atom stereocenters. The number of carbonyl (C=O) groups is 1. The van der Waals surface area contributed by atoms with Crippen LogP contribution in [0.2, 0.25) is 0 Å². The summed E-state index contributed by atoms with van der Waals surface area (Å²) in [6.07, 6.45) is 0.903. The first kappa shape index (κ1) is 12.0. The van der Waals surface area contributed by atoms with Crippen LogP contribution in [0.25, 0.3) is 0 Å². The minimum Gasteiger partial charge on any atom is -0.507 e. The van der Waals surface area contributed by atoms with Gasteiger partial charge in [-0.3, -0.25) is 4.79 Å². The fraction of sp³-hybridized carbons (Fsp3) is 0.273. The highest BCUT2D eigenvalue weighted by molar-refractivity contribution is 5.96. The second-order valence-corrected chi connectivity index (χ2v) is 3.18. The molecule has 16 heavy (non-hydrogen) atoms. The maximum atomic E-state index is 12.6. The van der Waals surface area contributed by atoms with Crippen LogP contribution in [-0.4, -0.2) is 17.6 Å². The molecule has 4 nitrogen and oxygen atoms in total. The van der Waals surface area contributed by atoms with Gasteiger partial charge in [-0.1, -0.05) is 0 Å². The van der Waals surface area contributed by atoms with Gasteiger partial charge >= 0.3 is 0 Å². The van der Waals surface area contributed by atoms with Crippen molar-refractivity contribution in [1.29, 1.82) is 5.26 Å². The van der Waals surface area contributed by atoms with Gasteiger partial charge in [-0.05, 0) is 18.6 Å². The molecule has 1 amide bonds. The highest BCUT2D eigenvalue weighted by Crippen LogP contribution is 2.17. The third-order valence-corrected chi connectivity index (χ3v) is 1.96. The molecular weight excluding hydrogens is 211 g/mol. The number of nitriles is 1. The molecule has 0 aliphatic heterocycles. The lowest BCUT2D eigenvalue weighted by atomic mass is 10.2. The molecule has 0 fully saturated rings. The Labute approximate surface area is 92.3 Å². The lowest BCUT2D eigenvalue weighted by Gasteiger charge is -2.05. The molecule has 0 heterocycles. The van der Waals surface area contributed by atoms with Crippen LogP contribution >= 0.6 is 0 Å². The number of nitrogens with one attached hydrogen (secondary N) is 1. The van der Waals surface area contributed by atoms with Crippen LogP contribution < -0.4 is 5.32 Å². The standard InChI is InChI=1S/C11H11FN2O2/c12-8-3-4-9(10(15)7-8)11(16)14-6-2-1-5-13/h3-4,7,15H,1-2,6H2,(H,14,16). The largest absolute Gasteiger partial charge is 0.507 e. The van der Waals surface area contributed by atoms with E-state index in [1.165, 1.54) is 6.07 Å². The van der Waals surface area contributed by atoms with Crippen LogP contribution in [0.5, 0.6) is 5.75 Å². The summed E-state index contributed by atoms with van der Waals surface area (Å²) in [6.45, 7) is 0.350. The zero-order valence-corrected chi connectivity index (χ0v) is 8.53. The van der Waals surface area contributed by atoms with Gasteiger partial charge in [0.2, 0.25) is 0 Å². The lowest BCUT2D eigenvalue weighted by Crippen LogP contribution is -2.24. The van der Waals surface area contributed by atoms with E-state index < -0.39 is 17.5 Å². The third-order valence-electron chi connectivity index (χ3n) is 1.96. The molecule has 5 heteroatoms. The molecule has 0 unspecified atom stereocenters. The first-order valence-electron chi connectivity index (χ1n) is 4.79. The number of rotatable bonds is 4. The van der Waals surface area contributed by atoms with Crippen molar-refractivity contribution in [2.75, 3.05) is 6.54 Å². The van der Waals surface area contributed by atoms with Crippen molar-refractivity contribution < 1.29 is 14.3 Å². The van der Waals surface area contributed by atoms with Crippen molar-refractivity contribution in [2.24, 2.45) is 0 Å². The van der Waals surface area contributed by atoms with Gasteiger partial charge in [0.1, 0.15) is 11.6 Å². The van der Waals surface area contributed by atoms with E-state index in [0.29, 0.717) is 19.4 Å². The Morgan fingerprint density at radius 3 is 2.94 bits per heavy atom. The molecule has 0 aliphatic carbocycles. The summed E-state index contributed by atoms with van der Waals surface area (Å²) in [5.41, 5.74) is 0.0263. The summed E-state index contributed by atoms with van der Waals surface area (Å²) < 4.78 is 12.6. The van der Waals surface area contributed by atoms with Crippen LogP contribution in [0.1, 0.15) is 23.2 Å². The number of phenols is 1. The van der Waals surface area contributed by atoms with Gasteiger partial charge in [0.25, 0.3) is 5.91 Å². The Hall–Kier alpha value is -2.09. The van der Waals surface area contributed by atoms with Crippen molar-refractivity contribution in [3.05, 3.63) is 29.6 Å². The van der Waals surface area contributed by atoms with E-state index in [1.807, 2.05) is 6.07 Å². The minimum atomic E-state index is -0.599. The van der Waals surface area contributed by atoms with E-state index in [2.05, 4.69) is 5.32 Å². The van der Waals surface area contributed by atoms with Gasteiger partial charge < -0.3 is 10.4 Å². The van der Waals surface area contributed by atoms with Crippen LogP contribution in [0.15, 0.2) is 18.2 Å². The molecule has 0 bridgehead atoms. The highest BCUT2D eigenvalue weighted by atomic mass is 19.1. The summed E-state index contributed by atoms with van der Waals surface area (Å²) in [5, 5.41) is 20.1. The van der Waals surface area contributed by atoms with Gasteiger partial charge in [0, 0.05) is 19.0 Å². The van der Waals surface area contributed by atoms with E-state index in [-0.39, 0.29) is 5.56 Å². The molecule has 0 saturated heterocycles. The Balaban J connectivity index is 2.57. The summed E-state index contributed by atoms with van der Waals surface area (Å²) >= 11 is 0. The van der Waals surface area contributed by atoms with E-state index in [0.717, 1.165) is 12.1 Å². The smallest absolute Gasteiger partial charge is 0.255 e. The Morgan fingerprint density at radius 2 is 2.31 bits per heavy atom. The topological polar surface area (TPSA) is 73.1 Å². The van der Waals surface area contributed by atoms with Gasteiger partial charge in [-0.25, -0.2) is 4.39 Å². The first-order chi connectivity index (χ1) is 7.65. The van der Waals surface area contributed by atoms with Crippen molar-refractivity contribution >= 4 is 5.91 Å². The predicted octanol–water partition coefficient (Wildman–Crippen LogP) is 1.56. The summed E-state index contributed by atoms with van der Waals surface area (Å²) in [6, 6.07) is 5.14. The summed E-state index contributed by atoms with van der Waals surface area (Å²) in [4.78, 5) is 11.5. The van der Waals surface area contributed by atoms with Gasteiger partial charge in [-0.2, -0.15) is 5.26 Å². The molecule has 0 aliphatic rings. The Morgan fingerprint density at radius 1 is 1.56 bits per heavy atom. The average Bonchev–Trinajstić information content (AvgIpc) is 2.24. The number of hydrogen-bond acceptors (Lipinski definition) is 3. The normalized spacial score (nSPS) is 9.50. The van der Waals surface area contributed by atoms with E-state index in [1.54, 1.807) is 0 Å². The van der Waals surface area contributed by atoms with Crippen molar-refractivity contribution in [3.8, 4) is 11.8 Å². The monoisotopic (exact) mass is 222 g/mol. The average molecular weight is 222 g/mol. The summed E-state index contributed by atoms with van der Waals surface area (Å²) in [5.74, 6) is -1.47. The number of amides is 1. The predicted molar refractivity (Wildman–Crippen MR) is 55.2 cm³/mol. The molecule has 1 aromatic carbocycles. The Bertz CT molecular complexity index is 426. The van der Waals surface area contributed by atoms with E-state index >= 15 is 0 Å². The number of benzene rings is 1. The van der Waals surface area contributed by atoms with Crippen LogP contribution in [0, 0.1) is 17.1 Å². The zero-order chi connectivity index (χ0) is 12.0. The van der Waals surface area contributed by atoms with Crippen LogP contribution in [0.3, 0.4) is 0 Å². The number of phenolic OH excluding ortho intramolecular Hbond substituents is 1. The first-order valence-corrected chi connectivity index (χ1v) is 4.79.